The number of rotatable bonds is 4. The zero-order valence-electron chi connectivity index (χ0n) is 9.99. The summed E-state index contributed by atoms with van der Waals surface area (Å²) in [6.45, 7) is 0. The van der Waals surface area contributed by atoms with Crippen LogP contribution in [-0.2, 0) is 6.42 Å². The fourth-order valence-corrected chi connectivity index (χ4v) is 1.78. The van der Waals surface area contributed by atoms with E-state index in [0.29, 0.717) is 12.0 Å². The minimum absolute atomic E-state index is 0.0139. The molecule has 0 heterocycles. The number of nitro groups is 1. The fraction of sp³-hybridized carbons (Fsp3) is 0.143. The van der Waals surface area contributed by atoms with Crippen molar-refractivity contribution in [3.8, 4) is 0 Å². The van der Waals surface area contributed by atoms with Crippen molar-refractivity contribution < 1.29 is 14.4 Å². The van der Waals surface area contributed by atoms with E-state index < -0.39 is 11.0 Å². The minimum Gasteiger partial charge on any atom is -0.388 e. The first-order valence-electron chi connectivity index (χ1n) is 5.73. The molecule has 0 spiro atoms. The topological polar surface area (TPSA) is 63.4 Å². The molecule has 0 aliphatic rings. The number of benzene rings is 2. The number of halogens is 1. The molecule has 0 amide bonds. The van der Waals surface area contributed by atoms with Crippen molar-refractivity contribution >= 4 is 5.69 Å². The molecule has 0 aromatic heterocycles. The van der Waals surface area contributed by atoms with Gasteiger partial charge >= 0.3 is 0 Å². The lowest BCUT2D eigenvalue weighted by Gasteiger charge is -2.10. The van der Waals surface area contributed by atoms with Crippen molar-refractivity contribution in [1.29, 1.82) is 0 Å². The second kappa shape index (κ2) is 5.58. The quantitative estimate of drug-likeness (QED) is 0.679. The Balaban J connectivity index is 2.08. The van der Waals surface area contributed by atoms with Gasteiger partial charge in [0, 0.05) is 18.6 Å². The lowest BCUT2D eigenvalue weighted by molar-refractivity contribution is -0.384. The summed E-state index contributed by atoms with van der Waals surface area (Å²) in [6.07, 6.45) is -0.439. The first-order valence-corrected chi connectivity index (χ1v) is 5.73. The summed E-state index contributed by atoms with van der Waals surface area (Å²) in [7, 11) is 0. The summed E-state index contributed by atoms with van der Waals surface area (Å²) in [5.41, 5.74) is 1.40. The van der Waals surface area contributed by atoms with Crippen molar-refractivity contribution in [3.05, 3.63) is 75.6 Å². The molecular formula is C14H12FNO3. The van der Waals surface area contributed by atoms with E-state index in [0.717, 1.165) is 5.56 Å². The summed E-state index contributed by atoms with van der Waals surface area (Å²) < 4.78 is 12.8. The molecule has 5 heteroatoms. The second-order valence-electron chi connectivity index (χ2n) is 4.20. The van der Waals surface area contributed by atoms with E-state index in [9.17, 15) is 19.6 Å². The largest absolute Gasteiger partial charge is 0.388 e. The summed E-state index contributed by atoms with van der Waals surface area (Å²) in [5.74, 6) is -0.355. The normalized spacial score (nSPS) is 12.1. The molecular weight excluding hydrogens is 249 g/mol. The monoisotopic (exact) mass is 261 g/mol. The average molecular weight is 261 g/mol. The van der Waals surface area contributed by atoms with Gasteiger partial charge in [0.1, 0.15) is 5.82 Å². The van der Waals surface area contributed by atoms with Crippen LogP contribution in [0.2, 0.25) is 0 Å². The van der Waals surface area contributed by atoms with Gasteiger partial charge in [-0.3, -0.25) is 10.1 Å². The molecule has 2 aromatic carbocycles. The van der Waals surface area contributed by atoms with Crippen molar-refractivity contribution in [2.45, 2.75) is 12.5 Å². The second-order valence-corrected chi connectivity index (χ2v) is 4.20. The molecule has 0 aliphatic carbocycles. The lowest BCUT2D eigenvalue weighted by Crippen LogP contribution is -2.02. The predicted molar refractivity (Wildman–Crippen MR) is 68.2 cm³/mol. The van der Waals surface area contributed by atoms with Gasteiger partial charge in [-0.25, -0.2) is 4.39 Å². The summed E-state index contributed by atoms with van der Waals surface area (Å²) >= 11 is 0. The van der Waals surface area contributed by atoms with Crippen LogP contribution in [0.3, 0.4) is 0 Å². The number of nitrogens with zero attached hydrogens (tertiary/aromatic N) is 1. The minimum atomic E-state index is -0.762. The predicted octanol–water partition coefficient (Wildman–Crippen LogP) is 3.01. The van der Waals surface area contributed by atoms with Crippen LogP contribution in [0.4, 0.5) is 10.1 Å². The number of aliphatic hydroxyl groups excluding tert-OH is 1. The van der Waals surface area contributed by atoms with E-state index in [-0.39, 0.29) is 11.5 Å². The maximum Gasteiger partial charge on any atom is 0.269 e. The van der Waals surface area contributed by atoms with Crippen molar-refractivity contribution in [2.24, 2.45) is 0 Å². The number of hydrogen-bond donors (Lipinski definition) is 1. The highest BCUT2D eigenvalue weighted by Gasteiger charge is 2.10. The van der Waals surface area contributed by atoms with Crippen LogP contribution in [0.1, 0.15) is 17.2 Å². The van der Waals surface area contributed by atoms with Crippen LogP contribution >= 0.6 is 0 Å². The van der Waals surface area contributed by atoms with Gasteiger partial charge < -0.3 is 5.11 Å². The third-order valence-electron chi connectivity index (χ3n) is 2.83. The van der Waals surface area contributed by atoms with E-state index in [1.165, 1.54) is 36.4 Å². The Hall–Kier alpha value is -2.27. The van der Waals surface area contributed by atoms with E-state index in [1.807, 2.05) is 0 Å². The van der Waals surface area contributed by atoms with Crippen molar-refractivity contribution in [1.82, 2.24) is 0 Å². The maximum atomic E-state index is 12.8. The SMILES string of the molecule is O=[N+]([O-])c1ccc(CC(O)c2ccc(F)cc2)cc1. The highest BCUT2D eigenvalue weighted by atomic mass is 19.1. The van der Waals surface area contributed by atoms with Crippen LogP contribution in [-0.4, -0.2) is 10.0 Å². The molecule has 19 heavy (non-hydrogen) atoms. The smallest absolute Gasteiger partial charge is 0.269 e. The standard InChI is InChI=1S/C14H12FNO3/c15-12-5-3-11(4-6-12)14(17)9-10-1-7-13(8-2-10)16(18)19/h1-8,14,17H,9H2. The summed E-state index contributed by atoms with van der Waals surface area (Å²) in [6, 6.07) is 11.6. The van der Waals surface area contributed by atoms with Gasteiger partial charge in [-0.05, 0) is 23.3 Å². The van der Waals surface area contributed by atoms with Crippen molar-refractivity contribution in [2.75, 3.05) is 0 Å². The van der Waals surface area contributed by atoms with Crippen molar-refractivity contribution in [3.63, 3.8) is 0 Å². The van der Waals surface area contributed by atoms with Gasteiger partial charge in [0.15, 0.2) is 0 Å². The molecule has 0 aliphatic heterocycles. The molecule has 0 saturated heterocycles. The van der Waals surface area contributed by atoms with Gasteiger partial charge in [0.05, 0.1) is 11.0 Å². The number of nitro benzene ring substituents is 1. The molecule has 1 atom stereocenters. The number of hydrogen-bond acceptors (Lipinski definition) is 3. The average Bonchev–Trinajstić information content (AvgIpc) is 2.40. The third-order valence-corrected chi connectivity index (χ3v) is 2.83. The number of non-ortho nitro benzene ring substituents is 1. The molecule has 2 rings (SSSR count). The molecule has 1 N–H and O–H groups in total. The molecule has 1 unspecified atom stereocenters. The lowest BCUT2D eigenvalue weighted by atomic mass is 10.0. The Morgan fingerprint density at radius 2 is 1.68 bits per heavy atom. The van der Waals surface area contributed by atoms with Crippen LogP contribution in [0.15, 0.2) is 48.5 Å². The Bertz CT molecular complexity index is 566. The third kappa shape index (κ3) is 3.35. The molecule has 0 bridgehead atoms. The van der Waals surface area contributed by atoms with Gasteiger partial charge in [-0.1, -0.05) is 24.3 Å². The molecule has 0 radical (unpaired) electrons. The summed E-state index contributed by atoms with van der Waals surface area (Å²) in [4.78, 5) is 10.0. The Labute approximate surface area is 109 Å². The van der Waals surface area contributed by atoms with Crippen LogP contribution in [0.5, 0.6) is 0 Å². The Morgan fingerprint density at radius 1 is 1.11 bits per heavy atom. The number of aliphatic hydroxyl groups is 1. The van der Waals surface area contributed by atoms with Gasteiger partial charge in [0.2, 0.25) is 0 Å². The fourth-order valence-electron chi connectivity index (χ4n) is 1.78. The molecule has 4 nitrogen and oxygen atoms in total. The van der Waals surface area contributed by atoms with Gasteiger partial charge in [-0.15, -0.1) is 0 Å². The van der Waals surface area contributed by atoms with Crippen LogP contribution in [0.25, 0.3) is 0 Å². The maximum absolute atomic E-state index is 12.8. The molecule has 0 saturated carbocycles. The van der Waals surface area contributed by atoms with Gasteiger partial charge in [-0.2, -0.15) is 0 Å². The highest BCUT2D eigenvalue weighted by Crippen LogP contribution is 2.20. The van der Waals surface area contributed by atoms with Gasteiger partial charge in [0.25, 0.3) is 5.69 Å². The molecule has 2 aromatic rings. The zero-order valence-corrected chi connectivity index (χ0v) is 9.99. The van der Waals surface area contributed by atoms with Crippen LogP contribution < -0.4 is 0 Å². The molecule has 98 valence electrons. The summed E-state index contributed by atoms with van der Waals surface area (Å²) in [5, 5.41) is 20.5. The Morgan fingerprint density at radius 3 is 2.21 bits per heavy atom. The van der Waals surface area contributed by atoms with E-state index >= 15 is 0 Å². The zero-order chi connectivity index (χ0) is 13.8. The molecule has 0 fully saturated rings. The van der Waals surface area contributed by atoms with Crippen LogP contribution in [0, 0.1) is 15.9 Å². The van der Waals surface area contributed by atoms with E-state index in [1.54, 1.807) is 12.1 Å². The van der Waals surface area contributed by atoms with E-state index in [4.69, 9.17) is 0 Å². The Kier molecular flexibility index (Phi) is 3.87. The first-order chi connectivity index (χ1) is 9.06. The van der Waals surface area contributed by atoms with E-state index in [2.05, 4.69) is 0 Å². The highest BCUT2D eigenvalue weighted by molar-refractivity contribution is 5.33. The first kappa shape index (κ1) is 13.2.